The number of rotatable bonds is 9. The number of hydrogen-bond acceptors (Lipinski definition) is 4. The average molecular weight is 393 g/mol. The third kappa shape index (κ3) is 7.90. The van der Waals surface area contributed by atoms with Gasteiger partial charge in [0.1, 0.15) is 5.75 Å². The minimum atomic E-state index is -2.89. The van der Waals surface area contributed by atoms with Crippen LogP contribution in [0.5, 0.6) is 5.75 Å². The molecule has 0 saturated carbocycles. The van der Waals surface area contributed by atoms with E-state index in [2.05, 4.69) is 16.1 Å². The molecule has 1 N–H and O–H groups in total. The molecule has 1 aliphatic rings. The summed E-state index contributed by atoms with van der Waals surface area (Å²) in [5.41, 5.74) is 1.97. The molecule has 1 aromatic rings. The molecule has 0 heterocycles. The molecule has 1 atom stereocenters. The van der Waals surface area contributed by atoms with Crippen LogP contribution >= 0.6 is 0 Å². The van der Waals surface area contributed by atoms with Crippen LogP contribution in [0.25, 0.3) is 6.08 Å². The molecule has 1 aliphatic carbocycles. The molecule has 5 nitrogen and oxygen atoms in total. The lowest BCUT2D eigenvalue weighted by Gasteiger charge is -2.15. The molecular weight excluding hydrogens is 368 g/mol. The monoisotopic (exact) mass is 393 g/mol. The van der Waals surface area contributed by atoms with Crippen LogP contribution in [0.4, 0.5) is 8.78 Å². The molecule has 7 heteroatoms. The van der Waals surface area contributed by atoms with E-state index < -0.39 is 18.7 Å². The molecule has 0 unspecified atom stereocenters. The molecule has 2 rings (SSSR count). The molecule has 28 heavy (non-hydrogen) atoms. The van der Waals surface area contributed by atoms with Gasteiger partial charge in [0.15, 0.2) is 6.10 Å². The van der Waals surface area contributed by atoms with Crippen LogP contribution in [0.3, 0.4) is 0 Å². The molecule has 1 amide bonds. The Labute approximate surface area is 163 Å². The number of halogens is 2. The minimum Gasteiger partial charge on any atom is -0.449 e. The summed E-state index contributed by atoms with van der Waals surface area (Å²) in [5, 5.41) is 2.77. The predicted octanol–water partition coefficient (Wildman–Crippen LogP) is 4.24. The van der Waals surface area contributed by atoms with Crippen molar-refractivity contribution in [2.75, 3.05) is 6.54 Å². The first-order valence-electron chi connectivity index (χ1n) is 9.33. The number of nitrogens with one attached hydrogen (secondary N) is 1. The second-order valence-corrected chi connectivity index (χ2v) is 6.51. The lowest BCUT2D eigenvalue weighted by molar-refractivity contribution is -0.150. The highest BCUT2D eigenvalue weighted by Gasteiger charge is 2.16. The standard InChI is InChI=1S/C21H25F2NO4/c1-15(20(26)24-14-13-16-5-3-2-4-6-16)27-19(25)12-9-17-7-10-18(11-8-17)28-21(22)23/h5,7-12,15,21H,2-4,6,13-14H2,1H3,(H,24,26)/b12-9+/t15-/m1/s1. The van der Waals surface area contributed by atoms with Crippen LogP contribution in [0, 0.1) is 0 Å². The number of benzene rings is 1. The highest BCUT2D eigenvalue weighted by atomic mass is 19.3. The van der Waals surface area contributed by atoms with Gasteiger partial charge in [0.05, 0.1) is 0 Å². The zero-order valence-electron chi connectivity index (χ0n) is 15.8. The normalized spacial score (nSPS) is 15.2. The van der Waals surface area contributed by atoms with Gasteiger partial charge in [-0.2, -0.15) is 8.78 Å². The Morgan fingerprint density at radius 2 is 1.96 bits per heavy atom. The largest absolute Gasteiger partial charge is 0.449 e. The van der Waals surface area contributed by atoms with Gasteiger partial charge in [-0.3, -0.25) is 4.79 Å². The summed E-state index contributed by atoms with van der Waals surface area (Å²) < 4.78 is 33.5. The highest BCUT2D eigenvalue weighted by Crippen LogP contribution is 2.19. The quantitative estimate of drug-likeness (QED) is 0.387. The summed E-state index contributed by atoms with van der Waals surface area (Å²) in [4.78, 5) is 23.9. The van der Waals surface area contributed by atoms with Crippen LogP contribution in [0.1, 0.15) is 44.6 Å². The molecule has 0 fully saturated rings. The Morgan fingerprint density at radius 1 is 1.21 bits per heavy atom. The number of allylic oxidation sites excluding steroid dienone is 1. The van der Waals surface area contributed by atoms with Crippen LogP contribution in [0.2, 0.25) is 0 Å². The topological polar surface area (TPSA) is 64.6 Å². The van der Waals surface area contributed by atoms with Gasteiger partial charge in [-0.15, -0.1) is 0 Å². The molecule has 0 spiro atoms. The first-order valence-corrected chi connectivity index (χ1v) is 9.33. The van der Waals surface area contributed by atoms with E-state index in [1.54, 1.807) is 0 Å². The van der Waals surface area contributed by atoms with Gasteiger partial charge < -0.3 is 14.8 Å². The van der Waals surface area contributed by atoms with Crippen LogP contribution < -0.4 is 10.1 Å². The lowest BCUT2D eigenvalue weighted by atomic mass is 9.97. The number of alkyl halides is 2. The minimum absolute atomic E-state index is 0.0315. The van der Waals surface area contributed by atoms with E-state index >= 15 is 0 Å². The summed E-state index contributed by atoms with van der Waals surface area (Å²) in [6, 6.07) is 5.79. The zero-order valence-corrected chi connectivity index (χ0v) is 15.8. The van der Waals surface area contributed by atoms with Crippen molar-refractivity contribution in [3.63, 3.8) is 0 Å². The Kier molecular flexibility index (Phi) is 8.65. The van der Waals surface area contributed by atoms with Crippen molar-refractivity contribution >= 4 is 18.0 Å². The first-order chi connectivity index (χ1) is 13.4. The summed E-state index contributed by atoms with van der Waals surface area (Å²) in [5.74, 6) is -0.971. The number of ether oxygens (including phenoxy) is 2. The molecule has 152 valence electrons. The fourth-order valence-electron chi connectivity index (χ4n) is 2.81. The third-order valence-corrected chi connectivity index (χ3v) is 4.31. The van der Waals surface area contributed by atoms with Crippen LogP contribution in [-0.2, 0) is 14.3 Å². The fraction of sp³-hybridized carbons (Fsp3) is 0.429. The second kappa shape index (κ2) is 11.2. The number of carbonyl (C=O) groups excluding carboxylic acids is 2. The Balaban J connectivity index is 1.72. The van der Waals surface area contributed by atoms with Crippen molar-refractivity contribution in [2.24, 2.45) is 0 Å². The third-order valence-electron chi connectivity index (χ3n) is 4.31. The molecule has 0 aromatic heterocycles. The van der Waals surface area contributed by atoms with E-state index in [4.69, 9.17) is 4.74 Å². The molecule has 0 radical (unpaired) electrons. The van der Waals surface area contributed by atoms with E-state index in [1.165, 1.54) is 61.8 Å². The average Bonchev–Trinajstić information content (AvgIpc) is 2.67. The van der Waals surface area contributed by atoms with Crippen LogP contribution in [-0.4, -0.2) is 31.1 Å². The van der Waals surface area contributed by atoms with Gasteiger partial charge in [-0.05, 0) is 62.8 Å². The van der Waals surface area contributed by atoms with E-state index in [1.807, 2.05) is 0 Å². The molecule has 0 bridgehead atoms. The van der Waals surface area contributed by atoms with Crippen molar-refractivity contribution in [1.82, 2.24) is 5.32 Å². The van der Waals surface area contributed by atoms with Gasteiger partial charge in [0, 0.05) is 12.6 Å². The zero-order chi connectivity index (χ0) is 20.4. The van der Waals surface area contributed by atoms with Gasteiger partial charge in [0.25, 0.3) is 5.91 Å². The van der Waals surface area contributed by atoms with E-state index in [0.717, 1.165) is 19.3 Å². The number of esters is 1. The highest BCUT2D eigenvalue weighted by molar-refractivity contribution is 5.90. The maximum absolute atomic E-state index is 12.1. The maximum Gasteiger partial charge on any atom is 0.387 e. The van der Waals surface area contributed by atoms with Crippen molar-refractivity contribution in [1.29, 1.82) is 0 Å². The maximum atomic E-state index is 12.1. The summed E-state index contributed by atoms with van der Waals surface area (Å²) in [6.07, 6.45) is 9.40. The van der Waals surface area contributed by atoms with Gasteiger partial charge in [-0.1, -0.05) is 23.8 Å². The Bertz CT molecular complexity index is 714. The Morgan fingerprint density at radius 3 is 2.61 bits per heavy atom. The van der Waals surface area contributed by atoms with Crippen molar-refractivity contribution in [2.45, 2.75) is 51.7 Å². The van der Waals surface area contributed by atoms with E-state index in [9.17, 15) is 18.4 Å². The first kappa shape index (κ1) is 21.6. The summed E-state index contributed by atoms with van der Waals surface area (Å²) in [7, 11) is 0. The van der Waals surface area contributed by atoms with Gasteiger partial charge in [0.2, 0.25) is 0 Å². The van der Waals surface area contributed by atoms with Crippen molar-refractivity contribution < 1.29 is 27.8 Å². The summed E-state index contributed by atoms with van der Waals surface area (Å²) >= 11 is 0. The van der Waals surface area contributed by atoms with Gasteiger partial charge in [-0.25, -0.2) is 4.79 Å². The number of amides is 1. The van der Waals surface area contributed by atoms with E-state index in [0.29, 0.717) is 12.1 Å². The van der Waals surface area contributed by atoms with E-state index in [-0.39, 0.29) is 11.7 Å². The number of carbonyl (C=O) groups is 2. The predicted molar refractivity (Wildman–Crippen MR) is 102 cm³/mol. The molecular formula is C21H25F2NO4. The second-order valence-electron chi connectivity index (χ2n) is 6.51. The van der Waals surface area contributed by atoms with Crippen LogP contribution in [0.15, 0.2) is 42.0 Å². The molecule has 0 saturated heterocycles. The van der Waals surface area contributed by atoms with Gasteiger partial charge >= 0.3 is 12.6 Å². The fourth-order valence-corrected chi connectivity index (χ4v) is 2.81. The SMILES string of the molecule is C[C@@H](OC(=O)/C=C/c1ccc(OC(F)F)cc1)C(=O)NCCC1=CCCCC1. The van der Waals surface area contributed by atoms with Crippen molar-refractivity contribution in [3.05, 3.63) is 47.6 Å². The Hall–Kier alpha value is -2.70. The summed E-state index contributed by atoms with van der Waals surface area (Å²) in [6.45, 7) is -0.851. The molecule has 1 aromatic carbocycles. The lowest BCUT2D eigenvalue weighted by Crippen LogP contribution is -2.36. The smallest absolute Gasteiger partial charge is 0.387 e. The van der Waals surface area contributed by atoms with Crippen molar-refractivity contribution in [3.8, 4) is 5.75 Å². The molecule has 0 aliphatic heterocycles. The number of hydrogen-bond donors (Lipinski definition) is 1.